The number of benzene rings is 20. The molecule has 0 fully saturated rings. The predicted molar refractivity (Wildman–Crippen MR) is 627 cm³/mol. The SMILES string of the molecule is c1ccc(-c2cc(-n3c4ccccc4c4c3ccc3c5ccccc5n(-c5ccccc5)c34)cc(-c3cccc4sc5ccccc5c34)n2)cc1.c1ccc(-c2cc(-n3c4ccccc4c4cc5sc6ccccc6c5cc43)cc(-c3cccc4sc5ccccc5c34)n2)cc1.c1ccc(-c2ccc(-c3cc(-n4c5ccccc5c5cc6oc7ccccc7c6cc54)cc(-c4ccc5c(c4)sc4ccccc45)n3)cc2)cc1. The van der Waals surface area contributed by atoms with E-state index >= 15 is 0 Å². The van der Waals surface area contributed by atoms with Gasteiger partial charge in [-0.05, 0) is 163 Å². The molecule has 12 heterocycles. The molecule has 0 aliphatic rings. The summed E-state index contributed by atoms with van der Waals surface area (Å²) in [5.41, 5.74) is 30.5. The highest BCUT2D eigenvalue weighted by atomic mass is 32.1. The third-order valence-electron chi connectivity index (χ3n) is 29.5. The minimum atomic E-state index is 0.901. The molecule has 686 valence electrons. The van der Waals surface area contributed by atoms with E-state index in [0.29, 0.717) is 0 Å². The molecule has 0 saturated carbocycles. The summed E-state index contributed by atoms with van der Waals surface area (Å²) in [4.78, 5) is 16.1. The minimum Gasteiger partial charge on any atom is -0.456 e. The van der Waals surface area contributed by atoms with Crippen LogP contribution in [0.4, 0.5) is 0 Å². The molecule has 0 aliphatic heterocycles. The Labute approximate surface area is 858 Å². The molecule has 0 radical (unpaired) electrons. The maximum Gasteiger partial charge on any atom is 0.136 e. The zero-order valence-corrected chi connectivity index (χ0v) is 82.2. The van der Waals surface area contributed by atoms with Crippen LogP contribution >= 0.6 is 45.3 Å². The van der Waals surface area contributed by atoms with Gasteiger partial charge in [-0.25, -0.2) is 15.0 Å². The number of aromatic nitrogens is 7. The van der Waals surface area contributed by atoms with Crippen molar-refractivity contribution in [3.05, 3.63) is 491 Å². The second kappa shape index (κ2) is 34.3. The lowest BCUT2D eigenvalue weighted by molar-refractivity contribution is 0.669. The second-order valence-electron chi connectivity index (χ2n) is 37.9. The highest BCUT2D eigenvalue weighted by Crippen LogP contribution is 2.50. The first-order chi connectivity index (χ1) is 72.9. The van der Waals surface area contributed by atoms with Crippen molar-refractivity contribution >= 4 is 235 Å². The largest absolute Gasteiger partial charge is 0.456 e. The summed E-state index contributed by atoms with van der Waals surface area (Å²) in [6.45, 7) is 0. The molecule has 32 aromatic rings. The third-order valence-corrected chi connectivity index (χ3v) is 34.0. The van der Waals surface area contributed by atoms with Crippen LogP contribution in [0.15, 0.2) is 496 Å². The number of hydrogen-bond acceptors (Lipinski definition) is 8. The van der Waals surface area contributed by atoms with E-state index in [2.05, 4.69) is 498 Å². The van der Waals surface area contributed by atoms with E-state index in [9.17, 15) is 0 Å². The van der Waals surface area contributed by atoms with Crippen molar-refractivity contribution in [3.8, 4) is 101 Å². The Hall–Kier alpha value is -18.3. The molecule has 32 rings (SSSR count). The van der Waals surface area contributed by atoms with Crippen LogP contribution in [0, 0.1) is 0 Å². The molecule has 0 saturated heterocycles. The number of hydrogen-bond donors (Lipinski definition) is 0. The van der Waals surface area contributed by atoms with Crippen molar-refractivity contribution in [1.82, 2.24) is 33.2 Å². The van der Waals surface area contributed by atoms with E-state index in [0.717, 1.165) is 129 Å². The molecule has 0 atom stereocenters. The fraction of sp³-hybridized carbons (Fsp3) is 0. The van der Waals surface area contributed by atoms with Crippen LogP contribution in [-0.4, -0.2) is 33.2 Å². The van der Waals surface area contributed by atoms with Crippen LogP contribution in [0.25, 0.3) is 291 Å². The molecule has 12 heteroatoms. The van der Waals surface area contributed by atoms with Gasteiger partial charge in [0.25, 0.3) is 0 Å². The van der Waals surface area contributed by atoms with Gasteiger partial charge in [0.05, 0.1) is 95.4 Å². The van der Waals surface area contributed by atoms with Gasteiger partial charge in [-0.3, -0.25) is 0 Å². The smallest absolute Gasteiger partial charge is 0.136 e. The van der Waals surface area contributed by atoms with Gasteiger partial charge in [0.2, 0.25) is 0 Å². The molecule has 20 aromatic carbocycles. The molecule has 147 heavy (non-hydrogen) atoms. The Kier molecular flexibility index (Phi) is 19.7. The number of rotatable bonds is 11. The first kappa shape index (κ1) is 84.4. The summed E-state index contributed by atoms with van der Waals surface area (Å²) >= 11 is 7.40. The average Bonchev–Trinajstić information content (AvgIpc) is 1.54. The number of fused-ring (bicyclic) bond motifs is 28. The average molecular weight is 1950 g/mol. The van der Waals surface area contributed by atoms with Gasteiger partial charge >= 0.3 is 0 Å². The fourth-order valence-corrected chi connectivity index (χ4v) is 27.4. The number of furan rings is 1. The summed E-state index contributed by atoms with van der Waals surface area (Å²) in [7, 11) is 0. The lowest BCUT2D eigenvalue weighted by Crippen LogP contribution is -1.98. The summed E-state index contributed by atoms with van der Waals surface area (Å²) in [5.74, 6) is 0. The van der Waals surface area contributed by atoms with Crippen LogP contribution in [0.1, 0.15) is 0 Å². The number of thiophene rings is 4. The first-order valence-corrected chi connectivity index (χ1v) is 52.9. The van der Waals surface area contributed by atoms with Crippen LogP contribution in [0.2, 0.25) is 0 Å². The quantitative estimate of drug-likeness (QED) is 0.129. The minimum absolute atomic E-state index is 0.901. The summed E-state index contributed by atoms with van der Waals surface area (Å²) in [6.07, 6.45) is 0. The maximum atomic E-state index is 6.36. The topological polar surface area (TPSA) is 71.5 Å². The van der Waals surface area contributed by atoms with Gasteiger partial charge in [0.1, 0.15) is 11.2 Å². The van der Waals surface area contributed by atoms with Crippen LogP contribution in [-0.2, 0) is 0 Å². The molecule has 0 amide bonds. The van der Waals surface area contributed by atoms with E-state index in [1.165, 1.54) is 163 Å². The van der Waals surface area contributed by atoms with E-state index in [1.54, 1.807) is 0 Å². The summed E-state index contributed by atoms with van der Waals surface area (Å²) in [6, 6.07) is 177. The molecule has 0 unspecified atom stereocenters. The van der Waals surface area contributed by atoms with Crippen LogP contribution in [0.5, 0.6) is 0 Å². The Morgan fingerprint density at radius 2 is 0.503 bits per heavy atom. The fourth-order valence-electron chi connectivity index (χ4n) is 22.9. The van der Waals surface area contributed by atoms with Crippen LogP contribution < -0.4 is 0 Å². The van der Waals surface area contributed by atoms with Gasteiger partial charge in [0, 0.05) is 174 Å². The molecule has 0 aliphatic carbocycles. The standard InChI is InChI=1S/C47H29N3S.C47H28N2OS.C41H24N2S2/c1-3-14-30(15-4-1)38-28-32(29-39(48-38)35-21-13-25-44-45(35)37-20-9-12-24-43(37)51-44)49-41-23-11-8-19-36(41)46-42(49)27-26-34-33-18-7-10-22-40(33)50(47(34)46)31-16-5-2-6-17-31;1-2-10-29(11-3-1)30-18-20-31(21-19-30)40-25-33(26-41(48-40)32-22-23-37-36-14-6-9-17-46(36)51-47(37)24-32)49-42-15-7-4-12-34(42)38-28-45-39(27-43(38)49)35-13-5-8-16-44(35)50-45;1-2-11-25(12-3-1)33-21-26(22-34(42-33)29-16-10-20-39-41(29)30-15-6-9-19-38(30)44-39)43-35-17-7-4-13-27(35)31-24-40-32(23-36(31)43)28-14-5-8-18-37(28)45-40/h1-29H;1-28H;1-24H. The zero-order valence-electron chi connectivity index (χ0n) is 78.9. The number of para-hydroxylation sites is 6. The van der Waals surface area contributed by atoms with Gasteiger partial charge in [-0.1, -0.05) is 340 Å². The summed E-state index contributed by atoms with van der Waals surface area (Å²) < 4.78 is 26.4. The van der Waals surface area contributed by atoms with Gasteiger partial charge < -0.3 is 22.7 Å². The van der Waals surface area contributed by atoms with E-state index in [-0.39, 0.29) is 0 Å². The van der Waals surface area contributed by atoms with Crippen molar-refractivity contribution in [2.75, 3.05) is 0 Å². The normalized spacial score (nSPS) is 11.9. The lowest BCUT2D eigenvalue weighted by atomic mass is 10.0. The Balaban J connectivity index is 0.000000102. The maximum absolute atomic E-state index is 6.36. The number of nitrogens with zero attached hydrogens (tertiary/aromatic N) is 7. The van der Waals surface area contributed by atoms with Gasteiger partial charge in [-0.15, -0.1) is 45.3 Å². The third kappa shape index (κ3) is 13.9. The Morgan fingerprint density at radius 1 is 0.156 bits per heavy atom. The van der Waals surface area contributed by atoms with Gasteiger partial charge in [0.15, 0.2) is 0 Å². The van der Waals surface area contributed by atoms with E-state index < -0.39 is 0 Å². The van der Waals surface area contributed by atoms with E-state index in [4.69, 9.17) is 19.4 Å². The Morgan fingerprint density at radius 3 is 1.05 bits per heavy atom. The Bertz CT molecular complexity index is 11000. The summed E-state index contributed by atoms with van der Waals surface area (Å²) in [5, 5.41) is 22.4. The lowest BCUT2D eigenvalue weighted by Gasteiger charge is -2.14. The molecule has 0 bridgehead atoms. The zero-order chi connectivity index (χ0) is 96.4. The predicted octanol–water partition coefficient (Wildman–Crippen LogP) is 38.7. The monoisotopic (exact) mass is 1940 g/mol. The van der Waals surface area contributed by atoms with Crippen molar-refractivity contribution in [1.29, 1.82) is 0 Å². The first-order valence-electron chi connectivity index (χ1n) is 49.6. The highest BCUT2D eigenvalue weighted by molar-refractivity contribution is 7.27. The molecular weight excluding hydrogens is 1860 g/mol. The number of pyridine rings is 3. The molecular formula is C135H81N7OS4. The molecule has 12 aromatic heterocycles. The van der Waals surface area contributed by atoms with Crippen LogP contribution in [0.3, 0.4) is 0 Å². The molecule has 8 nitrogen and oxygen atoms in total. The van der Waals surface area contributed by atoms with Crippen molar-refractivity contribution < 1.29 is 4.42 Å². The molecule has 0 N–H and O–H groups in total. The van der Waals surface area contributed by atoms with E-state index in [1.807, 2.05) is 57.5 Å². The van der Waals surface area contributed by atoms with Crippen molar-refractivity contribution in [2.45, 2.75) is 0 Å². The highest BCUT2D eigenvalue weighted by Gasteiger charge is 2.27. The van der Waals surface area contributed by atoms with Crippen molar-refractivity contribution in [2.24, 2.45) is 0 Å². The second-order valence-corrected chi connectivity index (χ2v) is 42.2. The molecule has 0 spiro atoms. The van der Waals surface area contributed by atoms with Crippen molar-refractivity contribution in [3.63, 3.8) is 0 Å². The van der Waals surface area contributed by atoms with Gasteiger partial charge in [-0.2, -0.15) is 0 Å².